The third-order valence-corrected chi connectivity index (χ3v) is 9.92. The molecule has 0 aliphatic heterocycles. The highest BCUT2D eigenvalue weighted by atomic mass is 79.9. The molecule has 0 aromatic heterocycles. The Morgan fingerprint density at radius 2 is 1.00 bits per heavy atom. The molecule has 0 unspecified atom stereocenters. The molecular formula is C29H22BrN2P. The van der Waals surface area contributed by atoms with Gasteiger partial charge >= 0.3 is 0 Å². The molecule has 4 heteroatoms. The molecule has 160 valence electrons. The summed E-state index contributed by atoms with van der Waals surface area (Å²) in [6, 6.07) is 44.4. The van der Waals surface area contributed by atoms with Gasteiger partial charge in [0.25, 0.3) is 0 Å². The van der Waals surface area contributed by atoms with Crippen LogP contribution in [0.5, 0.6) is 0 Å². The van der Waals surface area contributed by atoms with E-state index in [1.807, 2.05) is 24.3 Å². The summed E-state index contributed by atoms with van der Waals surface area (Å²) in [6.07, 6.45) is 2.51. The van der Waals surface area contributed by atoms with Crippen LogP contribution in [0, 0.1) is 22.7 Å². The lowest BCUT2D eigenvalue weighted by atomic mass is 10.1. The molecule has 4 aromatic rings. The number of rotatable bonds is 6. The van der Waals surface area contributed by atoms with Gasteiger partial charge in [0.2, 0.25) is 0 Å². The van der Waals surface area contributed by atoms with Gasteiger partial charge in [0.05, 0.1) is 6.16 Å². The van der Waals surface area contributed by atoms with Gasteiger partial charge in [-0.05, 0) is 53.6 Å². The molecule has 33 heavy (non-hydrogen) atoms. The number of benzene rings is 4. The molecule has 0 bridgehead atoms. The van der Waals surface area contributed by atoms with E-state index in [0.717, 1.165) is 11.7 Å². The maximum absolute atomic E-state index is 9.04. The Kier molecular flexibility index (Phi) is 8.34. The third kappa shape index (κ3) is 5.30. The number of allylic oxidation sites excluding steroid dienone is 1. The number of halogens is 1. The first-order chi connectivity index (χ1) is 15.8. The van der Waals surface area contributed by atoms with Gasteiger partial charge in [-0.15, -0.1) is 0 Å². The Labute approximate surface area is 206 Å². The predicted octanol–water partition coefficient (Wildman–Crippen LogP) is 2.62. The summed E-state index contributed by atoms with van der Waals surface area (Å²) in [5, 5.41) is 22.1. The second-order valence-corrected chi connectivity index (χ2v) is 11.0. The Hall–Kier alpha value is -3.49. The van der Waals surface area contributed by atoms with Crippen LogP contribution in [0.25, 0.3) is 6.08 Å². The van der Waals surface area contributed by atoms with E-state index in [2.05, 4.69) is 103 Å². The Bertz CT molecular complexity index is 1170. The van der Waals surface area contributed by atoms with Gasteiger partial charge in [-0.2, -0.15) is 10.5 Å². The summed E-state index contributed by atoms with van der Waals surface area (Å²) in [5.74, 6) is 0. The van der Waals surface area contributed by atoms with Crippen molar-refractivity contribution in [3.8, 4) is 12.1 Å². The maximum Gasteiger partial charge on any atom is 0.130 e. The Morgan fingerprint density at radius 1 is 0.606 bits per heavy atom. The molecule has 0 saturated carbocycles. The number of hydrogen-bond acceptors (Lipinski definition) is 2. The molecule has 4 aromatic carbocycles. The lowest BCUT2D eigenvalue weighted by Crippen LogP contribution is -3.00. The molecule has 0 amide bonds. The average Bonchev–Trinajstić information content (AvgIpc) is 2.88. The smallest absolute Gasteiger partial charge is 0.130 e. The molecule has 0 aliphatic rings. The van der Waals surface area contributed by atoms with Crippen LogP contribution >= 0.6 is 7.26 Å². The van der Waals surface area contributed by atoms with Crippen LogP contribution < -0.4 is 32.9 Å². The monoisotopic (exact) mass is 508 g/mol. The van der Waals surface area contributed by atoms with Gasteiger partial charge in [0, 0.05) is 0 Å². The van der Waals surface area contributed by atoms with E-state index in [4.69, 9.17) is 10.5 Å². The van der Waals surface area contributed by atoms with Gasteiger partial charge in [-0.25, -0.2) is 0 Å². The minimum absolute atomic E-state index is 0. The van der Waals surface area contributed by atoms with Crippen molar-refractivity contribution in [2.45, 2.75) is 6.16 Å². The van der Waals surface area contributed by atoms with Gasteiger partial charge in [0.15, 0.2) is 0 Å². The number of hydrogen-bond donors (Lipinski definition) is 0. The first kappa shape index (κ1) is 24.2. The molecule has 0 fully saturated rings. The fourth-order valence-electron chi connectivity index (χ4n) is 4.02. The molecule has 2 nitrogen and oxygen atoms in total. The van der Waals surface area contributed by atoms with E-state index in [1.165, 1.54) is 21.5 Å². The van der Waals surface area contributed by atoms with Crippen LogP contribution in [-0.4, -0.2) is 0 Å². The predicted molar refractivity (Wildman–Crippen MR) is 134 cm³/mol. The van der Waals surface area contributed by atoms with Gasteiger partial charge < -0.3 is 17.0 Å². The molecule has 0 radical (unpaired) electrons. The summed E-state index contributed by atoms with van der Waals surface area (Å²) in [7, 11) is -1.95. The van der Waals surface area contributed by atoms with Crippen molar-refractivity contribution in [3.63, 3.8) is 0 Å². The van der Waals surface area contributed by atoms with E-state index in [9.17, 15) is 0 Å². The Balaban J connectivity index is 0.00000306. The molecule has 4 rings (SSSR count). The summed E-state index contributed by atoms with van der Waals surface area (Å²) < 4.78 is 0. The average molecular weight is 509 g/mol. The Morgan fingerprint density at radius 3 is 1.36 bits per heavy atom. The summed E-state index contributed by atoms with van der Waals surface area (Å²) in [4.78, 5) is 0. The SMILES string of the molecule is N#CC(C#N)=Cc1ccc(C[P+](c2ccccc2)(c2ccccc2)c2ccccc2)cc1.[Br-]. The standard InChI is InChI=1S/C29H22N2P.BrH/c30-21-26(22-31)20-24-16-18-25(19-17-24)23-32(27-10-4-1-5-11-27,28-12-6-2-7-13-28)29-14-8-3-9-15-29;/h1-20H,23H2;1H/q+1;/p-1. The largest absolute Gasteiger partial charge is 1.00 e. The van der Waals surface area contributed by atoms with Crippen molar-refractivity contribution in [2.75, 3.05) is 0 Å². The van der Waals surface area contributed by atoms with Crippen molar-refractivity contribution in [2.24, 2.45) is 0 Å². The van der Waals surface area contributed by atoms with E-state index in [-0.39, 0.29) is 22.6 Å². The van der Waals surface area contributed by atoms with E-state index in [1.54, 1.807) is 6.08 Å². The minimum Gasteiger partial charge on any atom is -1.00 e. The second-order valence-electron chi connectivity index (χ2n) is 7.50. The first-order valence-electron chi connectivity index (χ1n) is 10.4. The lowest BCUT2D eigenvalue weighted by molar-refractivity contribution is -0.00000665. The molecule has 0 heterocycles. The minimum atomic E-state index is -1.95. The van der Waals surface area contributed by atoms with Crippen molar-refractivity contribution < 1.29 is 17.0 Å². The van der Waals surface area contributed by atoms with Crippen LogP contribution in [-0.2, 0) is 6.16 Å². The summed E-state index contributed by atoms with van der Waals surface area (Å²) in [6.45, 7) is 0. The lowest BCUT2D eigenvalue weighted by Gasteiger charge is -2.27. The van der Waals surface area contributed by atoms with E-state index in [0.29, 0.717) is 0 Å². The zero-order chi connectivity index (χ0) is 22.2. The molecular weight excluding hydrogens is 487 g/mol. The quantitative estimate of drug-likeness (QED) is 0.297. The topological polar surface area (TPSA) is 47.6 Å². The van der Waals surface area contributed by atoms with Gasteiger partial charge in [-0.3, -0.25) is 0 Å². The fourth-order valence-corrected chi connectivity index (χ4v) is 8.26. The zero-order valence-electron chi connectivity index (χ0n) is 18.0. The molecule has 0 atom stereocenters. The maximum atomic E-state index is 9.04. The van der Waals surface area contributed by atoms with E-state index >= 15 is 0 Å². The van der Waals surface area contributed by atoms with E-state index < -0.39 is 7.26 Å². The van der Waals surface area contributed by atoms with Crippen molar-refractivity contribution in [3.05, 3.63) is 132 Å². The van der Waals surface area contributed by atoms with Gasteiger partial charge in [-0.1, -0.05) is 78.9 Å². The molecule has 0 saturated heterocycles. The van der Waals surface area contributed by atoms with Crippen LogP contribution in [0.1, 0.15) is 11.1 Å². The second kappa shape index (κ2) is 11.4. The highest BCUT2D eigenvalue weighted by Gasteiger charge is 2.45. The summed E-state index contributed by atoms with van der Waals surface area (Å²) in [5.41, 5.74) is 2.19. The highest BCUT2D eigenvalue weighted by Crippen LogP contribution is 2.58. The molecule has 0 aliphatic carbocycles. The summed E-state index contributed by atoms with van der Waals surface area (Å²) >= 11 is 0. The number of nitriles is 2. The van der Waals surface area contributed by atoms with Crippen molar-refractivity contribution in [1.29, 1.82) is 10.5 Å². The van der Waals surface area contributed by atoms with Crippen LogP contribution in [0.2, 0.25) is 0 Å². The molecule has 0 N–H and O–H groups in total. The third-order valence-electron chi connectivity index (χ3n) is 5.54. The van der Waals surface area contributed by atoms with Crippen LogP contribution in [0.4, 0.5) is 0 Å². The van der Waals surface area contributed by atoms with Crippen LogP contribution in [0.3, 0.4) is 0 Å². The zero-order valence-corrected chi connectivity index (χ0v) is 20.5. The fraction of sp³-hybridized carbons (Fsp3) is 0.0345. The first-order valence-corrected chi connectivity index (χ1v) is 12.4. The van der Waals surface area contributed by atoms with Crippen molar-refractivity contribution >= 4 is 29.3 Å². The highest BCUT2D eigenvalue weighted by molar-refractivity contribution is 7.95. The van der Waals surface area contributed by atoms with Crippen LogP contribution in [0.15, 0.2) is 121 Å². The molecule has 0 spiro atoms. The number of nitrogens with zero attached hydrogens (tertiary/aromatic N) is 2. The normalized spacial score (nSPS) is 10.2. The van der Waals surface area contributed by atoms with Crippen molar-refractivity contribution in [1.82, 2.24) is 0 Å². The van der Waals surface area contributed by atoms with Gasteiger partial charge in [0.1, 0.15) is 40.9 Å².